The fraction of sp³-hybridized carbons (Fsp3) is 0.583. The van der Waals surface area contributed by atoms with Crippen LogP contribution in [0.1, 0.15) is 0 Å². The second-order valence-corrected chi connectivity index (χ2v) is 8.58. The van der Waals surface area contributed by atoms with Crippen LogP contribution in [0, 0.1) is 0 Å². The van der Waals surface area contributed by atoms with Gasteiger partial charge in [-0.1, -0.05) is 0 Å². The normalized spacial score (nSPS) is 23.4. The van der Waals surface area contributed by atoms with Crippen molar-refractivity contribution in [2.24, 2.45) is 0 Å². The summed E-state index contributed by atoms with van der Waals surface area (Å²) in [7, 11) is -3.27. The van der Waals surface area contributed by atoms with Crippen LogP contribution < -0.4 is 5.32 Å². The molecular weight excluding hydrogens is 364 g/mol. The molecule has 0 aromatic carbocycles. The first-order valence-electron chi connectivity index (χ1n) is 6.77. The van der Waals surface area contributed by atoms with E-state index >= 15 is 0 Å². The smallest absolute Gasteiger partial charge is 0.407 e. The number of hydrogen-bond donors (Lipinski definition) is 3. The second-order valence-electron chi connectivity index (χ2n) is 5.21. The van der Waals surface area contributed by atoms with Gasteiger partial charge in [-0.25, -0.2) is 18.0 Å². The number of sulfone groups is 1. The Bertz CT molecular complexity index is 702. The van der Waals surface area contributed by atoms with E-state index in [0.29, 0.717) is 0 Å². The SMILES string of the molecule is CS(=O)(=O)CCOC(=O)N[C@@H]1C(=O)N2C(C(=O)O)=C(CO)CS[C@@H]12. The molecule has 1 saturated heterocycles. The molecule has 10 nitrogen and oxygen atoms in total. The minimum Gasteiger partial charge on any atom is -0.477 e. The number of rotatable bonds is 6. The maximum Gasteiger partial charge on any atom is 0.407 e. The number of ether oxygens (including phenoxy) is 1. The highest BCUT2D eigenvalue weighted by atomic mass is 32.2. The molecule has 2 amide bonds. The molecular formula is C12H16N2O8S2. The Morgan fingerprint density at radius 2 is 2.12 bits per heavy atom. The van der Waals surface area contributed by atoms with E-state index in [4.69, 9.17) is 4.74 Å². The number of aliphatic hydroxyl groups is 1. The molecule has 0 bridgehead atoms. The molecule has 134 valence electrons. The summed E-state index contributed by atoms with van der Waals surface area (Å²) in [5, 5.41) is 20.1. The van der Waals surface area contributed by atoms with Crippen molar-refractivity contribution >= 4 is 39.6 Å². The lowest BCUT2D eigenvalue weighted by atomic mass is 10.0. The largest absolute Gasteiger partial charge is 0.477 e. The lowest BCUT2D eigenvalue weighted by Gasteiger charge is -2.49. The molecule has 0 radical (unpaired) electrons. The first-order chi connectivity index (χ1) is 11.2. The van der Waals surface area contributed by atoms with Crippen LogP contribution in [0.4, 0.5) is 4.79 Å². The lowest BCUT2D eigenvalue weighted by molar-refractivity contribution is -0.149. The Kier molecular flexibility index (Phi) is 5.40. The van der Waals surface area contributed by atoms with Gasteiger partial charge in [-0.3, -0.25) is 9.69 Å². The van der Waals surface area contributed by atoms with Crippen molar-refractivity contribution < 1.29 is 37.8 Å². The number of nitrogens with zero attached hydrogens (tertiary/aromatic N) is 1. The van der Waals surface area contributed by atoms with E-state index in [9.17, 15) is 33.0 Å². The number of carboxylic acids is 1. The fourth-order valence-electron chi connectivity index (χ4n) is 2.26. The van der Waals surface area contributed by atoms with Gasteiger partial charge >= 0.3 is 12.1 Å². The standard InChI is InChI=1S/C12H16N2O8S2/c1-24(20,21)3-2-22-12(19)13-7-9(16)14-8(11(17)18)6(4-15)5-23-10(7)14/h7,10,15H,2-5H2,1H3,(H,13,19)(H,17,18)/t7-,10+/m1/s1. The number of thioether (sulfide) groups is 1. The quantitative estimate of drug-likeness (QED) is 0.461. The van der Waals surface area contributed by atoms with E-state index in [-0.39, 0.29) is 29.4 Å². The van der Waals surface area contributed by atoms with Gasteiger partial charge in [0, 0.05) is 12.0 Å². The van der Waals surface area contributed by atoms with E-state index in [1.807, 2.05) is 0 Å². The van der Waals surface area contributed by atoms with Crippen molar-refractivity contribution in [3.63, 3.8) is 0 Å². The van der Waals surface area contributed by atoms with E-state index < -0.39 is 45.8 Å². The zero-order valence-corrected chi connectivity index (χ0v) is 14.2. The van der Waals surface area contributed by atoms with E-state index in [0.717, 1.165) is 11.2 Å². The second kappa shape index (κ2) is 6.99. The van der Waals surface area contributed by atoms with E-state index in [1.165, 1.54) is 11.8 Å². The summed E-state index contributed by atoms with van der Waals surface area (Å²) in [6.45, 7) is -0.821. The zero-order valence-electron chi connectivity index (χ0n) is 12.6. The molecule has 2 rings (SSSR count). The molecule has 2 atom stereocenters. The number of nitrogens with one attached hydrogen (secondary N) is 1. The molecule has 12 heteroatoms. The Balaban J connectivity index is 1.97. The van der Waals surface area contributed by atoms with Gasteiger partial charge in [-0.15, -0.1) is 11.8 Å². The van der Waals surface area contributed by atoms with E-state index in [1.54, 1.807) is 0 Å². The highest BCUT2D eigenvalue weighted by Crippen LogP contribution is 2.40. The third-order valence-corrected chi connectivity index (χ3v) is 5.65. The number of β-lactam (4-membered cyclic amide) rings is 1. The molecule has 0 spiro atoms. The van der Waals surface area contributed by atoms with Crippen LogP contribution in [0.15, 0.2) is 11.3 Å². The van der Waals surface area contributed by atoms with Gasteiger partial charge in [-0.2, -0.15) is 0 Å². The number of hydrogen-bond acceptors (Lipinski definition) is 8. The van der Waals surface area contributed by atoms with Gasteiger partial charge in [0.25, 0.3) is 5.91 Å². The highest BCUT2D eigenvalue weighted by molar-refractivity contribution is 8.00. The average molecular weight is 380 g/mol. The number of fused-ring (bicyclic) bond motifs is 1. The van der Waals surface area contributed by atoms with Crippen molar-refractivity contribution in [2.45, 2.75) is 11.4 Å². The molecule has 0 aliphatic carbocycles. The number of carbonyl (C=O) groups excluding carboxylic acids is 2. The molecule has 0 saturated carbocycles. The molecule has 2 aliphatic heterocycles. The van der Waals surface area contributed by atoms with Crippen LogP contribution in [0.3, 0.4) is 0 Å². The summed E-state index contributed by atoms with van der Waals surface area (Å²) in [4.78, 5) is 36.0. The van der Waals surface area contributed by atoms with Crippen molar-refractivity contribution in [3.8, 4) is 0 Å². The van der Waals surface area contributed by atoms with Crippen LogP contribution in [-0.2, 0) is 24.2 Å². The van der Waals surface area contributed by atoms with Crippen LogP contribution in [-0.4, -0.2) is 83.9 Å². The van der Waals surface area contributed by atoms with Gasteiger partial charge in [0.2, 0.25) is 0 Å². The first-order valence-corrected chi connectivity index (χ1v) is 9.88. The summed E-state index contributed by atoms with van der Waals surface area (Å²) in [6, 6.07) is -0.963. The molecule has 2 aliphatic rings. The molecule has 0 aromatic rings. The first kappa shape index (κ1) is 18.5. The molecule has 0 aromatic heterocycles. The topological polar surface area (TPSA) is 150 Å². The predicted molar refractivity (Wildman–Crippen MR) is 82.8 cm³/mol. The van der Waals surface area contributed by atoms with Gasteiger partial charge in [0.05, 0.1) is 12.4 Å². The minimum atomic E-state index is -3.27. The highest BCUT2D eigenvalue weighted by Gasteiger charge is 2.54. The fourth-order valence-corrected chi connectivity index (χ4v) is 3.98. The van der Waals surface area contributed by atoms with Gasteiger partial charge in [-0.05, 0) is 5.57 Å². The number of aliphatic hydroxyl groups excluding tert-OH is 1. The molecule has 2 heterocycles. The Hall–Kier alpha value is -1.79. The molecule has 0 unspecified atom stereocenters. The summed E-state index contributed by atoms with van der Waals surface area (Å²) in [6.07, 6.45) is 0.0461. The third kappa shape index (κ3) is 3.82. The van der Waals surface area contributed by atoms with Crippen molar-refractivity contribution in [1.29, 1.82) is 0 Å². The monoisotopic (exact) mass is 380 g/mol. The summed E-state index contributed by atoms with van der Waals surface area (Å²) in [5.74, 6) is -2.08. The summed E-state index contributed by atoms with van der Waals surface area (Å²) < 4.78 is 26.6. The molecule has 1 fully saturated rings. The minimum absolute atomic E-state index is 0.216. The summed E-state index contributed by atoms with van der Waals surface area (Å²) >= 11 is 1.21. The zero-order chi connectivity index (χ0) is 18.1. The Morgan fingerprint density at radius 3 is 2.67 bits per heavy atom. The van der Waals surface area contributed by atoms with Gasteiger partial charge in [0.15, 0.2) is 9.84 Å². The number of aliphatic carboxylic acids is 1. The Labute approximate surface area is 141 Å². The number of carboxylic acid groups (broad SMARTS) is 1. The van der Waals surface area contributed by atoms with E-state index in [2.05, 4.69) is 5.32 Å². The number of amides is 2. The van der Waals surface area contributed by atoms with Crippen LogP contribution in [0.25, 0.3) is 0 Å². The summed E-state index contributed by atoms with van der Waals surface area (Å²) in [5.41, 5.74) is -0.0407. The molecule has 3 N–H and O–H groups in total. The van der Waals surface area contributed by atoms with Crippen molar-refractivity contribution in [1.82, 2.24) is 10.2 Å². The number of alkyl carbamates (subject to hydrolysis) is 1. The van der Waals surface area contributed by atoms with Crippen LogP contribution in [0.5, 0.6) is 0 Å². The van der Waals surface area contributed by atoms with Crippen molar-refractivity contribution in [2.75, 3.05) is 31.0 Å². The maximum absolute atomic E-state index is 12.1. The Morgan fingerprint density at radius 1 is 1.46 bits per heavy atom. The number of carbonyl (C=O) groups is 3. The molecule has 24 heavy (non-hydrogen) atoms. The lowest BCUT2D eigenvalue weighted by Crippen LogP contribution is -2.70. The van der Waals surface area contributed by atoms with Crippen LogP contribution in [0.2, 0.25) is 0 Å². The van der Waals surface area contributed by atoms with Crippen molar-refractivity contribution in [3.05, 3.63) is 11.3 Å². The maximum atomic E-state index is 12.1. The van der Waals surface area contributed by atoms with Gasteiger partial charge in [0.1, 0.15) is 23.7 Å². The average Bonchev–Trinajstić information content (AvgIpc) is 2.49. The predicted octanol–water partition coefficient (Wildman–Crippen LogP) is -1.63. The van der Waals surface area contributed by atoms with Crippen LogP contribution >= 0.6 is 11.8 Å². The van der Waals surface area contributed by atoms with Gasteiger partial charge < -0.3 is 20.3 Å². The third-order valence-electron chi connectivity index (χ3n) is 3.40.